The highest BCUT2D eigenvalue weighted by Gasteiger charge is 2.21. The zero-order valence-corrected chi connectivity index (χ0v) is 11.6. The van der Waals surface area contributed by atoms with E-state index >= 15 is 0 Å². The molecule has 12 nitrogen and oxygen atoms in total. The minimum absolute atomic E-state index is 0.0513. The van der Waals surface area contributed by atoms with Crippen LogP contribution in [0.1, 0.15) is 0 Å². The summed E-state index contributed by atoms with van der Waals surface area (Å²) in [5, 5.41) is 19.4. The van der Waals surface area contributed by atoms with Crippen molar-refractivity contribution in [2.75, 3.05) is 13.3 Å². The second-order valence-corrected chi connectivity index (χ2v) is 5.73. The number of fused-ring (bicyclic) bond motifs is 1. The first kappa shape index (κ1) is 15.6. The second-order valence-electron chi connectivity index (χ2n) is 3.90. The Hall–Kier alpha value is -1.74. The Morgan fingerprint density at radius 3 is 3.05 bits per heavy atom. The third kappa shape index (κ3) is 4.94. The zero-order chi connectivity index (χ0) is 15.3. The highest BCUT2D eigenvalue weighted by Crippen LogP contribution is 2.30. The average molecular weight is 323 g/mol. The molecule has 2 rings (SSSR count). The number of hydrogen-bond donors (Lipinski definition) is 8. The van der Waals surface area contributed by atoms with Crippen molar-refractivity contribution >= 4 is 16.9 Å². The van der Waals surface area contributed by atoms with E-state index in [1.165, 1.54) is 0 Å². The molecule has 1 aliphatic heterocycles. The lowest BCUT2D eigenvalue weighted by molar-refractivity contribution is -0.0770. The fourth-order valence-corrected chi connectivity index (χ4v) is 2.08. The van der Waals surface area contributed by atoms with Crippen LogP contribution in [0.3, 0.4) is 0 Å². The molecule has 0 saturated heterocycles. The van der Waals surface area contributed by atoms with E-state index in [0.29, 0.717) is 11.5 Å². The summed E-state index contributed by atoms with van der Waals surface area (Å²) in [6.07, 6.45) is 1.51. The van der Waals surface area contributed by atoms with Crippen LogP contribution in [0.5, 0.6) is 11.5 Å². The summed E-state index contributed by atoms with van der Waals surface area (Å²) in [4.78, 5) is 20.7. The molecule has 21 heavy (non-hydrogen) atoms. The molecule has 10 N–H and O–H groups in total. The molecule has 0 saturated carbocycles. The molecule has 1 amide bonds. The SMILES string of the molecule is NS(N)(NNCONC1COc2c[nH]cc2O1)NC(=O)O. The fourth-order valence-electron chi connectivity index (χ4n) is 1.44. The van der Waals surface area contributed by atoms with E-state index in [2.05, 4.69) is 20.7 Å². The molecule has 0 spiro atoms. The van der Waals surface area contributed by atoms with Gasteiger partial charge in [0.1, 0.15) is 13.3 Å². The Labute approximate surface area is 121 Å². The summed E-state index contributed by atoms with van der Waals surface area (Å²) in [6.45, 7) is 0.214. The van der Waals surface area contributed by atoms with Crippen molar-refractivity contribution in [3.05, 3.63) is 12.4 Å². The summed E-state index contributed by atoms with van der Waals surface area (Å²) in [7, 11) is -2.70. The van der Waals surface area contributed by atoms with Crippen molar-refractivity contribution in [3.8, 4) is 11.5 Å². The van der Waals surface area contributed by atoms with Gasteiger partial charge in [-0.1, -0.05) is 0 Å². The number of hydrogen-bond acceptors (Lipinski definition) is 9. The van der Waals surface area contributed by atoms with E-state index in [9.17, 15) is 4.79 Å². The average Bonchev–Trinajstić information content (AvgIpc) is 2.84. The first-order chi connectivity index (χ1) is 9.96. The van der Waals surface area contributed by atoms with Crippen LogP contribution in [-0.2, 0) is 4.84 Å². The Morgan fingerprint density at radius 2 is 2.29 bits per heavy atom. The van der Waals surface area contributed by atoms with Crippen molar-refractivity contribution < 1.29 is 24.2 Å². The van der Waals surface area contributed by atoms with E-state index in [0.717, 1.165) is 0 Å². The van der Waals surface area contributed by atoms with Crippen molar-refractivity contribution in [1.82, 2.24) is 25.4 Å². The number of nitrogens with two attached hydrogens (primary N) is 2. The summed E-state index contributed by atoms with van der Waals surface area (Å²) in [6, 6.07) is 0. The lowest BCUT2D eigenvalue weighted by atomic mass is 10.4. The van der Waals surface area contributed by atoms with Crippen LogP contribution in [0, 0.1) is 0 Å². The van der Waals surface area contributed by atoms with Crippen molar-refractivity contribution in [2.45, 2.75) is 6.23 Å². The molecule has 0 bridgehead atoms. The van der Waals surface area contributed by atoms with E-state index in [-0.39, 0.29) is 13.3 Å². The molecule has 1 aliphatic rings. The molecule has 120 valence electrons. The van der Waals surface area contributed by atoms with Crippen LogP contribution < -0.4 is 40.2 Å². The number of aromatic nitrogens is 1. The number of nitrogens with one attached hydrogen (secondary N) is 5. The van der Waals surface area contributed by atoms with Gasteiger partial charge in [0, 0.05) is 23.2 Å². The van der Waals surface area contributed by atoms with Gasteiger partial charge in [-0.3, -0.25) is 15.1 Å². The second kappa shape index (κ2) is 6.81. The Morgan fingerprint density at radius 1 is 1.52 bits per heavy atom. The molecule has 0 radical (unpaired) electrons. The Bertz CT molecular complexity index is 483. The molecule has 13 heteroatoms. The molecule has 0 aliphatic carbocycles. The quantitative estimate of drug-likeness (QED) is 0.164. The molecule has 1 unspecified atom stereocenters. The molecular weight excluding hydrogens is 306 g/mol. The largest absolute Gasteiger partial charge is 0.483 e. The molecule has 1 atom stereocenters. The Kier molecular flexibility index (Phi) is 5.07. The van der Waals surface area contributed by atoms with Gasteiger partial charge in [0.05, 0.1) is 0 Å². The van der Waals surface area contributed by atoms with Crippen LogP contribution >= 0.6 is 10.8 Å². The summed E-state index contributed by atoms with van der Waals surface area (Å²) >= 11 is 0. The van der Waals surface area contributed by atoms with E-state index < -0.39 is 23.1 Å². The fraction of sp³-hybridized carbons (Fsp3) is 0.375. The number of H-pyrrole nitrogens is 1. The zero-order valence-electron chi connectivity index (χ0n) is 10.8. The topological polar surface area (TPSA) is 181 Å². The third-order valence-corrected chi connectivity index (χ3v) is 3.18. The first-order valence-corrected chi connectivity index (χ1v) is 7.45. The van der Waals surface area contributed by atoms with Crippen LogP contribution in [0.4, 0.5) is 4.79 Å². The van der Waals surface area contributed by atoms with Crippen molar-refractivity contribution in [1.29, 1.82) is 0 Å². The maximum absolute atomic E-state index is 10.4. The Balaban J connectivity index is 1.59. The minimum atomic E-state index is -2.70. The maximum Gasteiger partial charge on any atom is 0.416 e. The summed E-state index contributed by atoms with van der Waals surface area (Å²) in [5.74, 6) is 1.21. The number of amides is 1. The first-order valence-electron chi connectivity index (χ1n) is 5.69. The van der Waals surface area contributed by atoms with Gasteiger partial charge in [-0.15, -0.1) is 0 Å². The highest BCUT2D eigenvalue weighted by molar-refractivity contribution is 8.27. The highest BCUT2D eigenvalue weighted by atomic mass is 32.3. The normalized spacial score (nSPS) is 18.3. The van der Waals surface area contributed by atoms with Gasteiger partial charge < -0.3 is 19.6 Å². The molecule has 1 aromatic heterocycles. The number of carboxylic acid groups (broad SMARTS) is 1. The number of ether oxygens (including phenoxy) is 2. The third-order valence-electron chi connectivity index (χ3n) is 2.19. The number of carbonyl (C=O) groups is 1. The minimum Gasteiger partial charge on any atom is -0.483 e. The molecule has 1 aromatic rings. The van der Waals surface area contributed by atoms with Crippen LogP contribution in [0.15, 0.2) is 12.4 Å². The van der Waals surface area contributed by atoms with Crippen molar-refractivity contribution in [3.63, 3.8) is 0 Å². The number of hydrazine groups is 1. The monoisotopic (exact) mass is 323 g/mol. The van der Waals surface area contributed by atoms with E-state index in [4.69, 9.17) is 29.7 Å². The molecule has 2 heterocycles. The van der Waals surface area contributed by atoms with Gasteiger partial charge >= 0.3 is 6.09 Å². The maximum atomic E-state index is 10.4. The number of aromatic amines is 1. The molecular formula is C8H17N7O5S. The number of rotatable bonds is 7. The van der Waals surface area contributed by atoms with Gasteiger partial charge in [0.15, 0.2) is 11.5 Å². The van der Waals surface area contributed by atoms with Gasteiger partial charge in [0.2, 0.25) is 6.23 Å². The number of hydroxylamine groups is 1. The van der Waals surface area contributed by atoms with Crippen LogP contribution in [-0.4, -0.2) is 35.7 Å². The van der Waals surface area contributed by atoms with Crippen molar-refractivity contribution in [2.24, 2.45) is 10.3 Å². The van der Waals surface area contributed by atoms with Gasteiger partial charge in [-0.2, -0.15) is 10.3 Å². The molecule has 0 fully saturated rings. The van der Waals surface area contributed by atoms with Gasteiger partial charge in [-0.25, -0.2) is 14.9 Å². The molecule has 0 aromatic carbocycles. The van der Waals surface area contributed by atoms with E-state index in [1.807, 2.05) is 4.72 Å². The van der Waals surface area contributed by atoms with E-state index in [1.54, 1.807) is 12.4 Å². The smallest absolute Gasteiger partial charge is 0.416 e. The summed E-state index contributed by atoms with van der Waals surface area (Å²) < 4.78 is 12.8. The lowest BCUT2D eigenvalue weighted by Gasteiger charge is -2.30. The van der Waals surface area contributed by atoms with Crippen LogP contribution in [0.25, 0.3) is 0 Å². The van der Waals surface area contributed by atoms with Gasteiger partial charge in [-0.05, 0) is 0 Å². The predicted octanol–water partition coefficient (Wildman–Crippen LogP) is -1.67. The van der Waals surface area contributed by atoms with Crippen LogP contribution in [0.2, 0.25) is 0 Å². The standard InChI is InChI=1S/C8H17N7O5S/c9-21(10,14-8(16)17)15-12-4-19-13-7-3-18-5-1-11-2-6(5)20-7/h1-2,7,11-15H,3-4,9-10H2,(H,16,17). The summed E-state index contributed by atoms with van der Waals surface area (Å²) in [5.41, 5.74) is 5.12. The van der Waals surface area contributed by atoms with Gasteiger partial charge in [0.25, 0.3) is 0 Å². The lowest BCUT2D eigenvalue weighted by Crippen LogP contribution is -2.53. The predicted molar refractivity (Wildman–Crippen MR) is 73.2 cm³/mol.